The van der Waals surface area contributed by atoms with Crippen molar-refractivity contribution in [1.82, 2.24) is 10.2 Å². The number of amides is 2. The Labute approximate surface area is 183 Å². The third kappa shape index (κ3) is 6.43. The molecule has 0 atom stereocenters. The van der Waals surface area contributed by atoms with Crippen LogP contribution in [0.4, 0.5) is 24.0 Å². The number of nitrogens with zero attached hydrogens (tertiary/aromatic N) is 2. The van der Waals surface area contributed by atoms with Crippen molar-refractivity contribution < 1.29 is 27.5 Å². The summed E-state index contributed by atoms with van der Waals surface area (Å²) < 4.78 is 43.7. The fraction of sp³-hybridized carbons (Fsp3) is 0.158. The summed E-state index contributed by atoms with van der Waals surface area (Å²) in [6, 6.07) is 10.9. The van der Waals surface area contributed by atoms with Crippen molar-refractivity contribution in [2.24, 2.45) is 0 Å². The molecule has 162 valence electrons. The molecular weight excluding hydrogens is 453 g/mol. The topological polar surface area (TPSA) is 93.2 Å². The van der Waals surface area contributed by atoms with Crippen LogP contribution in [0.25, 0.3) is 0 Å². The number of halogens is 3. The number of carbonyl (C=O) groups excluding carboxylic acids is 2. The average Bonchev–Trinajstić information content (AvgIpc) is 3.19. The first kappa shape index (κ1) is 22.6. The number of carbonyl (C=O) groups is 2. The van der Waals surface area contributed by atoms with Crippen molar-refractivity contribution in [2.45, 2.75) is 10.5 Å². The minimum atomic E-state index is -4.49. The molecule has 1 aromatic heterocycles. The van der Waals surface area contributed by atoms with Crippen LogP contribution in [-0.4, -0.2) is 34.9 Å². The minimum absolute atomic E-state index is 0.0453. The lowest BCUT2D eigenvalue weighted by molar-refractivity contribution is -0.137. The van der Waals surface area contributed by atoms with E-state index in [2.05, 4.69) is 20.8 Å². The van der Waals surface area contributed by atoms with Crippen molar-refractivity contribution in [3.8, 4) is 5.75 Å². The van der Waals surface area contributed by atoms with E-state index >= 15 is 0 Å². The van der Waals surface area contributed by atoms with Gasteiger partial charge in [-0.05, 0) is 36.4 Å². The van der Waals surface area contributed by atoms with Crippen LogP contribution in [0.1, 0.15) is 15.9 Å². The molecule has 7 nitrogen and oxygen atoms in total. The van der Waals surface area contributed by atoms with Gasteiger partial charge >= 0.3 is 6.18 Å². The van der Waals surface area contributed by atoms with Crippen molar-refractivity contribution in [3.05, 3.63) is 59.7 Å². The first-order valence-electron chi connectivity index (χ1n) is 8.63. The Morgan fingerprint density at radius 2 is 1.87 bits per heavy atom. The smallest absolute Gasteiger partial charge is 0.416 e. The number of aromatic nitrogens is 2. The Balaban J connectivity index is 1.53. The van der Waals surface area contributed by atoms with Crippen LogP contribution >= 0.6 is 23.1 Å². The van der Waals surface area contributed by atoms with Crippen LogP contribution in [0.15, 0.2) is 52.9 Å². The van der Waals surface area contributed by atoms with Gasteiger partial charge in [0.2, 0.25) is 11.0 Å². The number of rotatable bonds is 7. The summed E-state index contributed by atoms with van der Waals surface area (Å²) in [5.41, 5.74) is -0.424. The van der Waals surface area contributed by atoms with Gasteiger partial charge in [0, 0.05) is 11.3 Å². The lowest BCUT2D eigenvalue weighted by atomic mass is 10.2. The molecule has 3 aromatic rings. The van der Waals surface area contributed by atoms with E-state index < -0.39 is 23.6 Å². The Bertz CT molecular complexity index is 1090. The molecule has 12 heteroatoms. The molecule has 0 spiro atoms. The van der Waals surface area contributed by atoms with E-state index in [1.54, 1.807) is 24.3 Å². The van der Waals surface area contributed by atoms with Crippen LogP contribution in [0, 0.1) is 0 Å². The van der Waals surface area contributed by atoms with Crippen molar-refractivity contribution in [1.29, 1.82) is 0 Å². The number of anilines is 2. The number of ether oxygens (including phenoxy) is 1. The first-order chi connectivity index (χ1) is 14.7. The highest BCUT2D eigenvalue weighted by molar-refractivity contribution is 8.01. The third-order valence-corrected chi connectivity index (χ3v) is 5.73. The quantitative estimate of drug-likeness (QED) is 0.390. The number of hydrogen-bond donors (Lipinski definition) is 2. The van der Waals surface area contributed by atoms with Gasteiger partial charge in [-0.3, -0.25) is 14.9 Å². The minimum Gasteiger partial charge on any atom is -0.497 e. The maximum absolute atomic E-state index is 12.7. The van der Waals surface area contributed by atoms with Gasteiger partial charge < -0.3 is 10.1 Å². The number of alkyl halides is 3. The maximum Gasteiger partial charge on any atom is 0.416 e. The largest absolute Gasteiger partial charge is 0.497 e. The summed E-state index contributed by atoms with van der Waals surface area (Å²) in [6.07, 6.45) is -4.49. The third-order valence-electron chi connectivity index (χ3n) is 3.76. The van der Waals surface area contributed by atoms with Gasteiger partial charge in [-0.2, -0.15) is 13.2 Å². The zero-order valence-corrected chi connectivity index (χ0v) is 17.5. The number of thioether (sulfide) groups is 1. The number of hydrogen-bond acceptors (Lipinski definition) is 7. The fourth-order valence-electron chi connectivity index (χ4n) is 2.35. The molecular formula is C19H15F3N4O3S2. The van der Waals surface area contributed by atoms with Gasteiger partial charge in [0.05, 0.1) is 18.4 Å². The molecule has 0 bridgehead atoms. The summed E-state index contributed by atoms with van der Waals surface area (Å²) in [5, 5.41) is 13.0. The Hall–Kier alpha value is -3.12. The van der Waals surface area contributed by atoms with Crippen molar-refractivity contribution >= 4 is 45.7 Å². The molecule has 0 saturated heterocycles. The molecule has 0 aliphatic carbocycles. The summed E-state index contributed by atoms with van der Waals surface area (Å²) in [6.45, 7) is 0. The van der Waals surface area contributed by atoms with E-state index in [0.29, 0.717) is 15.7 Å². The van der Waals surface area contributed by atoms with Crippen LogP contribution in [0.3, 0.4) is 0 Å². The van der Waals surface area contributed by atoms with Gasteiger partial charge in [-0.1, -0.05) is 35.2 Å². The molecule has 0 unspecified atom stereocenters. The fourth-order valence-corrected chi connectivity index (χ4v) is 3.90. The standard InChI is InChI=1S/C19H15F3N4O3S2/c1-29-14-7-2-4-11(8-14)16(28)24-17-25-26-18(31-17)30-10-15(27)23-13-6-3-5-12(9-13)19(20,21)22/h2-9H,10H2,1H3,(H,23,27)(H,24,25,28). The zero-order valence-electron chi connectivity index (χ0n) is 15.9. The molecule has 2 amide bonds. The van der Waals surface area contributed by atoms with Gasteiger partial charge in [-0.15, -0.1) is 10.2 Å². The van der Waals surface area contributed by atoms with Crippen molar-refractivity contribution in [3.63, 3.8) is 0 Å². The van der Waals surface area contributed by atoms with E-state index in [0.717, 1.165) is 35.2 Å². The van der Waals surface area contributed by atoms with E-state index in [4.69, 9.17) is 4.74 Å². The lowest BCUT2D eigenvalue weighted by Gasteiger charge is -2.09. The molecule has 0 aliphatic heterocycles. The van der Waals surface area contributed by atoms with Gasteiger partial charge in [-0.25, -0.2) is 0 Å². The van der Waals surface area contributed by atoms with E-state index in [-0.39, 0.29) is 16.6 Å². The van der Waals surface area contributed by atoms with Crippen LogP contribution in [-0.2, 0) is 11.0 Å². The van der Waals surface area contributed by atoms with Crippen molar-refractivity contribution in [2.75, 3.05) is 23.5 Å². The van der Waals surface area contributed by atoms with Crippen LogP contribution < -0.4 is 15.4 Å². The summed E-state index contributed by atoms with van der Waals surface area (Å²) in [5.74, 6) is -0.447. The predicted octanol–water partition coefficient (Wildman–Crippen LogP) is 4.55. The second-order valence-electron chi connectivity index (χ2n) is 5.97. The van der Waals surface area contributed by atoms with E-state index in [9.17, 15) is 22.8 Å². The molecule has 2 N–H and O–H groups in total. The highest BCUT2D eigenvalue weighted by Crippen LogP contribution is 2.31. The average molecular weight is 468 g/mol. The van der Waals surface area contributed by atoms with Crippen LogP contribution in [0.2, 0.25) is 0 Å². The normalized spacial score (nSPS) is 11.1. The Kier molecular flexibility index (Phi) is 7.13. The molecule has 0 radical (unpaired) electrons. The summed E-state index contributed by atoms with van der Waals surface area (Å²) in [4.78, 5) is 24.3. The van der Waals surface area contributed by atoms with Gasteiger partial charge in [0.1, 0.15) is 5.75 Å². The highest BCUT2D eigenvalue weighted by atomic mass is 32.2. The Morgan fingerprint density at radius 1 is 1.10 bits per heavy atom. The summed E-state index contributed by atoms with van der Waals surface area (Å²) >= 11 is 2.12. The highest BCUT2D eigenvalue weighted by Gasteiger charge is 2.30. The SMILES string of the molecule is COc1cccc(C(=O)Nc2nnc(SCC(=O)Nc3cccc(C(F)(F)F)c3)s2)c1. The van der Waals surface area contributed by atoms with Gasteiger partial charge in [0.15, 0.2) is 4.34 Å². The maximum atomic E-state index is 12.7. The zero-order chi connectivity index (χ0) is 22.4. The second kappa shape index (κ2) is 9.79. The van der Waals surface area contributed by atoms with E-state index in [1.165, 1.54) is 19.2 Å². The molecule has 0 fully saturated rings. The second-order valence-corrected chi connectivity index (χ2v) is 8.17. The molecule has 0 saturated carbocycles. The number of methoxy groups -OCH3 is 1. The first-order valence-corrected chi connectivity index (χ1v) is 10.4. The van der Waals surface area contributed by atoms with E-state index in [1.807, 2.05) is 0 Å². The predicted molar refractivity (Wildman–Crippen MR) is 112 cm³/mol. The lowest BCUT2D eigenvalue weighted by Crippen LogP contribution is -2.15. The number of nitrogens with one attached hydrogen (secondary N) is 2. The summed E-state index contributed by atoms with van der Waals surface area (Å²) in [7, 11) is 1.49. The number of benzene rings is 2. The molecule has 0 aliphatic rings. The Morgan fingerprint density at radius 3 is 2.61 bits per heavy atom. The molecule has 2 aromatic carbocycles. The monoisotopic (exact) mass is 468 g/mol. The molecule has 31 heavy (non-hydrogen) atoms. The van der Waals surface area contributed by atoms with Crippen LogP contribution in [0.5, 0.6) is 5.75 Å². The molecule has 3 rings (SSSR count). The molecule has 1 heterocycles. The van der Waals surface area contributed by atoms with Gasteiger partial charge in [0.25, 0.3) is 5.91 Å².